The summed E-state index contributed by atoms with van der Waals surface area (Å²) in [6, 6.07) is 7.90. The Kier molecular flexibility index (Phi) is 3.28. The van der Waals surface area contributed by atoms with Crippen molar-refractivity contribution in [3.05, 3.63) is 23.8 Å². The summed E-state index contributed by atoms with van der Waals surface area (Å²) < 4.78 is 5.09. The molecule has 1 aromatic carbocycles. The van der Waals surface area contributed by atoms with Crippen molar-refractivity contribution in [3.63, 3.8) is 0 Å². The largest absolute Gasteiger partial charge is 0.383 e. The normalized spacial score (nSPS) is 13.9. The molecule has 0 amide bonds. The molecule has 0 aromatic heterocycles. The third-order valence-electron chi connectivity index (χ3n) is 2.73. The van der Waals surface area contributed by atoms with Gasteiger partial charge in [0.2, 0.25) is 0 Å². The van der Waals surface area contributed by atoms with Crippen LogP contribution in [0.4, 0.5) is 11.4 Å². The van der Waals surface area contributed by atoms with Crippen LogP contribution in [-0.4, -0.2) is 33.4 Å². The predicted octanol–water partition coefficient (Wildman–Crippen LogP) is 1.44. The van der Waals surface area contributed by atoms with Crippen LogP contribution >= 0.6 is 0 Å². The number of anilines is 2. The summed E-state index contributed by atoms with van der Waals surface area (Å²) in [5.74, 6) is 0. The van der Waals surface area contributed by atoms with E-state index >= 15 is 0 Å². The van der Waals surface area contributed by atoms with Crippen LogP contribution in [0.15, 0.2) is 18.2 Å². The van der Waals surface area contributed by atoms with Crippen LogP contribution in [0.1, 0.15) is 5.56 Å². The standard InChI is InChI=1S/C12H15N3O/c1-16-7-6-15-5-4-14-11-3-2-10(9-13)8-12(11)15/h2-3,8,14H,4-7H2,1H3. The maximum absolute atomic E-state index is 8.89. The zero-order valence-electron chi connectivity index (χ0n) is 9.36. The van der Waals surface area contributed by atoms with Gasteiger partial charge in [-0.2, -0.15) is 5.26 Å². The highest BCUT2D eigenvalue weighted by atomic mass is 16.5. The first-order valence-corrected chi connectivity index (χ1v) is 5.37. The Morgan fingerprint density at radius 2 is 2.44 bits per heavy atom. The summed E-state index contributed by atoms with van der Waals surface area (Å²) in [6.07, 6.45) is 0. The molecule has 1 aliphatic heterocycles. The molecular formula is C12H15N3O. The highest BCUT2D eigenvalue weighted by molar-refractivity contribution is 5.73. The number of nitrogens with one attached hydrogen (secondary N) is 1. The third-order valence-corrected chi connectivity index (χ3v) is 2.73. The summed E-state index contributed by atoms with van der Waals surface area (Å²) in [4.78, 5) is 2.25. The SMILES string of the molecule is COCCN1CCNc2ccc(C#N)cc21. The van der Waals surface area contributed by atoms with Crippen molar-refractivity contribution in [3.8, 4) is 6.07 Å². The van der Waals surface area contributed by atoms with Crippen LogP contribution < -0.4 is 10.2 Å². The maximum Gasteiger partial charge on any atom is 0.0992 e. The molecule has 16 heavy (non-hydrogen) atoms. The van der Waals surface area contributed by atoms with E-state index in [1.165, 1.54) is 0 Å². The molecule has 0 saturated carbocycles. The van der Waals surface area contributed by atoms with Crippen molar-refractivity contribution >= 4 is 11.4 Å². The van der Waals surface area contributed by atoms with Gasteiger partial charge in [-0.3, -0.25) is 0 Å². The average Bonchev–Trinajstić information content (AvgIpc) is 2.35. The van der Waals surface area contributed by atoms with Crippen molar-refractivity contribution in [2.75, 3.05) is 43.6 Å². The fourth-order valence-corrected chi connectivity index (χ4v) is 1.89. The number of methoxy groups -OCH3 is 1. The second-order valence-corrected chi connectivity index (χ2v) is 3.75. The molecule has 1 N–H and O–H groups in total. The van der Waals surface area contributed by atoms with Gasteiger partial charge in [-0.25, -0.2) is 0 Å². The molecule has 0 unspecified atom stereocenters. The Bertz CT molecular complexity index is 411. The van der Waals surface area contributed by atoms with E-state index in [-0.39, 0.29) is 0 Å². The second kappa shape index (κ2) is 4.86. The van der Waals surface area contributed by atoms with E-state index in [1.54, 1.807) is 7.11 Å². The Hall–Kier alpha value is -1.73. The van der Waals surface area contributed by atoms with E-state index in [1.807, 2.05) is 18.2 Å². The van der Waals surface area contributed by atoms with Gasteiger partial charge in [0.15, 0.2) is 0 Å². The first-order valence-electron chi connectivity index (χ1n) is 5.37. The van der Waals surface area contributed by atoms with Gasteiger partial charge >= 0.3 is 0 Å². The van der Waals surface area contributed by atoms with Gasteiger partial charge in [0.1, 0.15) is 0 Å². The topological polar surface area (TPSA) is 48.3 Å². The smallest absolute Gasteiger partial charge is 0.0992 e. The Morgan fingerprint density at radius 3 is 3.19 bits per heavy atom. The molecule has 84 valence electrons. The second-order valence-electron chi connectivity index (χ2n) is 3.75. The number of nitriles is 1. The van der Waals surface area contributed by atoms with Crippen LogP contribution in [0.2, 0.25) is 0 Å². The molecule has 0 spiro atoms. The quantitative estimate of drug-likeness (QED) is 0.832. The van der Waals surface area contributed by atoms with Crippen molar-refractivity contribution in [1.82, 2.24) is 0 Å². The molecule has 0 saturated heterocycles. The summed E-state index contributed by atoms with van der Waals surface area (Å²) in [5, 5.41) is 12.2. The zero-order chi connectivity index (χ0) is 11.4. The molecule has 4 nitrogen and oxygen atoms in total. The number of benzene rings is 1. The van der Waals surface area contributed by atoms with E-state index in [4.69, 9.17) is 10.00 Å². The van der Waals surface area contributed by atoms with Crippen LogP contribution in [-0.2, 0) is 4.74 Å². The highest BCUT2D eigenvalue weighted by Crippen LogP contribution is 2.29. The minimum absolute atomic E-state index is 0.699. The van der Waals surface area contributed by atoms with Gasteiger partial charge in [-0.15, -0.1) is 0 Å². The fraction of sp³-hybridized carbons (Fsp3) is 0.417. The molecule has 4 heteroatoms. The van der Waals surface area contributed by atoms with Gasteiger partial charge in [-0.05, 0) is 18.2 Å². The minimum Gasteiger partial charge on any atom is -0.383 e. The summed E-state index contributed by atoms with van der Waals surface area (Å²) in [6.45, 7) is 3.45. The molecular weight excluding hydrogens is 202 g/mol. The molecule has 1 heterocycles. The lowest BCUT2D eigenvalue weighted by molar-refractivity contribution is 0.205. The Balaban J connectivity index is 2.25. The lowest BCUT2D eigenvalue weighted by atomic mass is 10.1. The number of nitrogens with zero attached hydrogens (tertiary/aromatic N) is 2. The number of fused-ring (bicyclic) bond motifs is 1. The van der Waals surface area contributed by atoms with Crippen molar-refractivity contribution in [2.45, 2.75) is 0 Å². The van der Waals surface area contributed by atoms with Crippen LogP contribution in [0.3, 0.4) is 0 Å². The van der Waals surface area contributed by atoms with Crippen molar-refractivity contribution in [2.24, 2.45) is 0 Å². The molecule has 1 aromatic rings. The van der Waals surface area contributed by atoms with E-state index in [0.29, 0.717) is 12.2 Å². The first-order chi connectivity index (χ1) is 7.85. The lowest BCUT2D eigenvalue weighted by Crippen LogP contribution is -2.36. The monoisotopic (exact) mass is 217 g/mol. The van der Waals surface area contributed by atoms with Gasteiger partial charge in [0.05, 0.1) is 29.6 Å². The lowest BCUT2D eigenvalue weighted by Gasteiger charge is -2.31. The Morgan fingerprint density at radius 1 is 1.56 bits per heavy atom. The summed E-state index contributed by atoms with van der Waals surface area (Å²) in [5.41, 5.74) is 2.90. The van der Waals surface area contributed by atoms with E-state index in [2.05, 4.69) is 16.3 Å². The van der Waals surface area contributed by atoms with Crippen LogP contribution in [0.25, 0.3) is 0 Å². The molecule has 1 aliphatic rings. The molecule has 0 fully saturated rings. The van der Waals surface area contributed by atoms with Gasteiger partial charge in [0.25, 0.3) is 0 Å². The predicted molar refractivity (Wildman–Crippen MR) is 63.7 cm³/mol. The zero-order valence-corrected chi connectivity index (χ0v) is 9.36. The van der Waals surface area contributed by atoms with Gasteiger partial charge in [0, 0.05) is 26.7 Å². The van der Waals surface area contributed by atoms with E-state index in [9.17, 15) is 0 Å². The molecule has 0 bridgehead atoms. The summed E-state index contributed by atoms with van der Waals surface area (Å²) in [7, 11) is 1.70. The molecule has 0 radical (unpaired) electrons. The maximum atomic E-state index is 8.89. The van der Waals surface area contributed by atoms with Gasteiger partial charge < -0.3 is 15.0 Å². The van der Waals surface area contributed by atoms with E-state index < -0.39 is 0 Å². The number of hydrogen-bond acceptors (Lipinski definition) is 4. The third kappa shape index (κ3) is 2.10. The fourth-order valence-electron chi connectivity index (χ4n) is 1.89. The van der Waals surface area contributed by atoms with Gasteiger partial charge in [-0.1, -0.05) is 0 Å². The van der Waals surface area contributed by atoms with Crippen molar-refractivity contribution in [1.29, 1.82) is 5.26 Å². The Labute approximate surface area is 95.4 Å². The molecule has 0 atom stereocenters. The average molecular weight is 217 g/mol. The van der Waals surface area contributed by atoms with Crippen molar-refractivity contribution < 1.29 is 4.74 Å². The number of ether oxygens (including phenoxy) is 1. The van der Waals surface area contributed by atoms with Crippen LogP contribution in [0, 0.1) is 11.3 Å². The van der Waals surface area contributed by atoms with Crippen LogP contribution in [0.5, 0.6) is 0 Å². The highest BCUT2D eigenvalue weighted by Gasteiger charge is 2.16. The number of rotatable bonds is 3. The summed E-state index contributed by atoms with van der Waals surface area (Å²) >= 11 is 0. The molecule has 0 aliphatic carbocycles. The molecule has 2 rings (SSSR count). The van der Waals surface area contributed by atoms with E-state index in [0.717, 1.165) is 31.0 Å². The first kappa shape index (κ1) is 10.8. The number of hydrogen-bond donors (Lipinski definition) is 1. The minimum atomic E-state index is 0.699.